The fourth-order valence-electron chi connectivity index (χ4n) is 2.74. The van der Waals surface area contributed by atoms with Crippen LogP contribution in [0.4, 0.5) is 10.5 Å². The van der Waals surface area contributed by atoms with Crippen molar-refractivity contribution in [1.82, 2.24) is 10.6 Å². The van der Waals surface area contributed by atoms with E-state index in [1.165, 1.54) is 6.08 Å². The molecule has 0 aromatic heterocycles. The monoisotopic (exact) mass is 453 g/mol. The third-order valence-corrected chi connectivity index (χ3v) is 4.22. The van der Waals surface area contributed by atoms with E-state index >= 15 is 0 Å². The Morgan fingerprint density at radius 1 is 1.00 bits per heavy atom. The summed E-state index contributed by atoms with van der Waals surface area (Å²) in [6, 6.07) is 14.6. The van der Waals surface area contributed by atoms with E-state index in [0.717, 1.165) is 16.9 Å². The smallest absolute Gasteiger partial charge is 0.407 e. The maximum atomic E-state index is 12.1. The van der Waals surface area contributed by atoms with E-state index in [1.807, 2.05) is 30.3 Å². The highest BCUT2D eigenvalue weighted by Gasteiger charge is 2.15. The quantitative estimate of drug-likeness (QED) is 0.500. The van der Waals surface area contributed by atoms with Crippen molar-refractivity contribution >= 4 is 29.7 Å². The molecule has 0 atom stereocenters. The van der Waals surface area contributed by atoms with E-state index in [1.54, 1.807) is 52.2 Å². The van der Waals surface area contributed by atoms with Crippen LogP contribution < -0.4 is 20.7 Å². The lowest BCUT2D eigenvalue weighted by atomic mass is 10.2. The number of carbonyl (C=O) groups excluding carboxylic acids is 3. The highest BCUT2D eigenvalue weighted by molar-refractivity contribution is 5.92. The Bertz CT molecular complexity index is 996. The fourth-order valence-corrected chi connectivity index (χ4v) is 2.74. The molecule has 2 aromatic rings. The van der Waals surface area contributed by atoms with Crippen molar-refractivity contribution in [2.45, 2.75) is 39.3 Å². The summed E-state index contributed by atoms with van der Waals surface area (Å²) in [5.41, 5.74) is 1.71. The number of rotatable bonds is 9. The predicted octanol–water partition coefficient (Wildman–Crippen LogP) is 3.88. The van der Waals surface area contributed by atoms with Crippen LogP contribution in [0.3, 0.4) is 0 Å². The summed E-state index contributed by atoms with van der Waals surface area (Å²) in [5, 5.41) is 8.14. The molecule has 0 aliphatic heterocycles. The van der Waals surface area contributed by atoms with Gasteiger partial charge in [0.25, 0.3) is 0 Å². The van der Waals surface area contributed by atoms with Gasteiger partial charge in [0.05, 0.1) is 7.11 Å². The summed E-state index contributed by atoms with van der Waals surface area (Å²) in [7, 11) is 1.59. The number of anilines is 1. The van der Waals surface area contributed by atoms with Crippen LogP contribution >= 0.6 is 0 Å². The van der Waals surface area contributed by atoms with Gasteiger partial charge in [-0.15, -0.1) is 0 Å². The lowest BCUT2D eigenvalue weighted by Gasteiger charge is -2.19. The molecule has 0 aliphatic carbocycles. The number of nitrogens with one attached hydrogen (secondary N) is 3. The summed E-state index contributed by atoms with van der Waals surface area (Å²) >= 11 is 0. The van der Waals surface area contributed by atoms with Crippen molar-refractivity contribution in [1.29, 1.82) is 0 Å². The number of ether oxygens (including phenoxy) is 2. The van der Waals surface area contributed by atoms with Gasteiger partial charge in [-0.1, -0.05) is 24.3 Å². The van der Waals surface area contributed by atoms with E-state index in [0.29, 0.717) is 12.2 Å². The van der Waals surface area contributed by atoms with Gasteiger partial charge in [-0.2, -0.15) is 0 Å². The lowest BCUT2D eigenvalue weighted by molar-refractivity contribution is -0.117. The Kier molecular flexibility index (Phi) is 9.47. The first-order valence-electron chi connectivity index (χ1n) is 10.6. The molecule has 0 unspecified atom stereocenters. The standard InChI is InChI=1S/C25H31N3O5/c1-25(2,3)33-24(31)26-14-13-23(30)28-20-9-5-8-19(15-20)17-27-22(29)12-11-18-7-6-10-21(16-18)32-4/h5-12,15-16H,13-14,17H2,1-4H3,(H,26,31)(H,27,29)(H,28,30)/b12-11+. The molecule has 2 aromatic carbocycles. The van der Waals surface area contributed by atoms with Crippen LogP contribution in [-0.4, -0.2) is 37.2 Å². The van der Waals surface area contributed by atoms with Crippen molar-refractivity contribution in [2.75, 3.05) is 19.0 Å². The van der Waals surface area contributed by atoms with Gasteiger partial charge in [0.2, 0.25) is 11.8 Å². The third-order valence-electron chi connectivity index (χ3n) is 4.22. The number of amides is 3. The Morgan fingerprint density at radius 2 is 1.76 bits per heavy atom. The van der Waals surface area contributed by atoms with Gasteiger partial charge >= 0.3 is 6.09 Å². The number of benzene rings is 2. The average molecular weight is 454 g/mol. The summed E-state index contributed by atoms with van der Waals surface area (Å²) < 4.78 is 10.3. The third kappa shape index (κ3) is 10.4. The molecule has 176 valence electrons. The molecule has 0 fully saturated rings. The Balaban J connectivity index is 1.78. The maximum Gasteiger partial charge on any atom is 0.407 e. The van der Waals surface area contributed by atoms with Crippen LogP contribution in [0.5, 0.6) is 5.75 Å². The molecule has 0 saturated carbocycles. The van der Waals surface area contributed by atoms with E-state index in [-0.39, 0.29) is 24.8 Å². The van der Waals surface area contributed by atoms with Crippen molar-refractivity contribution in [3.63, 3.8) is 0 Å². The molecule has 8 heteroatoms. The minimum Gasteiger partial charge on any atom is -0.497 e. The van der Waals surface area contributed by atoms with Gasteiger partial charge in [0.1, 0.15) is 11.4 Å². The highest BCUT2D eigenvalue weighted by Crippen LogP contribution is 2.14. The molecule has 2 rings (SSSR count). The summed E-state index contributed by atoms with van der Waals surface area (Å²) in [6.07, 6.45) is 2.71. The van der Waals surface area contributed by atoms with Crippen LogP contribution in [-0.2, 0) is 20.9 Å². The minimum absolute atomic E-state index is 0.106. The zero-order valence-corrected chi connectivity index (χ0v) is 19.4. The van der Waals surface area contributed by atoms with Crippen molar-refractivity contribution in [3.8, 4) is 5.75 Å². The van der Waals surface area contributed by atoms with Gasteiger partial charge in [0, 0.05) is 31.3 Å². The molecule has 33 heavy (non-hydrogen) atoms. The fraction of sp³-hybridized carbons (Fsp3) is 0.320. The number of hydrogen-bond donors (Lipinski definition) is 3. The molecular weight excluding hydrogens is 422 g/mol. The largest absolute Gasteiger partial charge is 0.497 e. The second kappa shape index (κ2) is 12.3. The second-order valence-corrected chi connectivity index (χ2v) is 8.25. The summed E-state index contributed by atoms with van der Waals surface area (Å²) in [6.45, 7) is 5.78. The number of carbonyl (C=O) groups is 3. The first-order chi connectivity index (χ1) is 15.6. The van der Waals surface area contributed by atoms with Crippen LogP contribution in [0.2, 0.25) is 0 Å². The van der Waals surface area contributed by atoms with Gasteiger partial charge in [-0.3, -0.25) is 9.59 Å². The minimum atomic E-state index is -0.590. The molecule has 0 saturated heterocycles. The van der Waals surface area contributed by atoms with Gasteiger partial charge in [-0.05, 0) is 62.2 Å². The number of hydrogen-bond acceptors (Lipinski definition) is 5. The zero-order chi connectivity index (χ0) is 24.3. The van der Waals surface area contributed by atoms with E-state index in [2.05, 4.69) is 16.0 Å². The van der Waals surface area contributed by atoms with Gasteiger partial charge < -0.3 is 25.4 Å². The van der Waals surface area contributed by atoms with Crippen LogP contribution in [0.15, 0.2) is 54.6 Å². The molecule has 0 bridgehead atoms. The molecule has 3 amide bonds. The molecule has 0 spiro atoms. The number of alkyl carbamates (subject to hydrolysis) is 1. The molecule has 0 heterocycles. The first kappa shape index (κ1) is 25.5. The Hall–Kier alpha value is -3.81. The molecule has 0 aliphatic rings. The van der Waals surface area contributed by atoms with Crippen LogP contribution in [0.1, 0.15) is 38.3 Å². The molecule has 3 N–H and O–H groups in total. The zero-order valence-electron chi connectivity index (χ0n) is 19.4. The topological polar surface area (TPSA) is 106 Å². The molecular formula is C25H31N3O5. The van der Waals surface area contributed by atoms with Crippen molar-refractivity contribution in [3.05, 3.63) is 65.7 Å². The van der Waals surface area contributed by atoms with Crippen LogP contribution in [0.25, 0.3) is 6.08 Å². The van der Waals surface area contributed by atoms with Crippen molar-refractivity contribution < 1.29 is 23.9 Å². The number of methoxy groups -OCH3 is 1. The first-order valence-corrected chi connectivity index (χ1v) is 10.6. The van der Waals surface area contributed by atoms with E-state index < -0.39 is 11.7 Å². The van der Waals surface area contributed by atoms with Crippen molar-refractivity contribution in [2.24, 2.45) is 0 Å². The summed E-state index contributed by atoms with van der Waals surface area (Å²) in [5.74, 6) is 0.242. The lowest BCUT2D eigenvalue weighted by Crippen LogP contribution is -2.34. The van der Waals surface area contributed by atoms with Gasteiger partial charge in [0.15, 0.2) is 0 Å². The predicted molar refractivity (Wildman–Crippen MR) is 128 cm³/mol. The summed E-state index contributed by atoms with van der Waals surface area (Å²) in [4.78, 5) is 35.9. The second-order valence-electron chi connectivity index (χ2n) is 8.25. The van der Waals surface area contributed by atoms with E-state index in [4.69, 9.17) is 9.47 Å². The average Bonchev–Trinajstić information content (AvgIpc) is 2.75. The highest BCUT2D eigenvalue weighted by atomic mass is 16.6. The Labute approximate surface area is 194 Å². The SMILES string of the molecule is COc1cccc(/C=C/C(=O)NCc2cccc(NC(=O)CCNC(=O)OC(C)(C)C)c2)c1. The van der Waals surface area contributed by atoms with Gasteiger partial charge in [-0.25, -0.2) is 4.79 Å². The molecule has 0 radical (unpaired) electrons. The molecule has 8 nitrogen and oxygen atoms in total. The van der Waals surface area contributed by atoms with E-state index in [9.17, 15) is 14.4 Å². The normalized spacial score (nSPS) is 11.0. The Morgan fingerprint density at radius 3 is 2.48 bits per heavy atom. The maximum absolute atomic E-state index is 12.1. The van der Waals surface area contributed by atoms with Crippen LogP contribution in [0, 0.1) is 0 Å².